The Bertz CT molecular complexity index is 589. The van der Waals surface area contributed by atoms with Crippen LogP contribution in [0, 0.1) is 6.92 Å². The fraction of sp³-hybridized carbons (Fsp3) is 0.333. The highest BCUT2D eigenvalue weighted by Gasteiger charge is 2.15. The molecule has 1 aromatic heterocycles. The summed E-state index contributed by atoms with van der Waals surface area (Å²) in [5, 5.41) is 5.47. The van der Waals surface area contributed by atoms with Crippen LogP contribution in [0.2, 0.25) is 0 Å². The molecule has 106 valence electrons. The minimum atomic E-state index is -0.166. The summed E-state index contributed by atoms with van der Waals surface area (Å²) < 4.78 is 0. The Kier molecular flexibility index (Phi) is 4.52. The Morgan fingerprint density at radius 1 is 1.30 bits per heavy atom. The van der Waals surface area contributed by atoms with Crippen LogP contribution in [0.15, 0.2) is 29.6 Å². The number of aryl methyl sites for hydroxylation is 1. The van der Waals surface area contributed by atoms with Crippen LogP contribution in [-0.2, 0) is 0 Å². The zero-order chi connectivity index (χ0) is 14.7. The number of nitrogens with zero attached hydrogens (tertiary/aromatic N) is 1. The van der Waals surface area contributed by atoms with Gasteiger partial charge in [0, 0.05) is 5.38 Å². The third kappa shape index (κ3) is 3.43. The van der Waals surface area contributed by atoms with E-state index in [4.69, 9.17) is 5.73 Å². The van der Waals surface area contributed by atoms with Crippen LogP contribution < -0.4 is 11.1 Å². The quantitative estimate of drug-likeness (QED) is 0.909. The summed E-state index contributed by atoms with van der Waals surface area (Å²) >= 11 is 1.41. The smallest absolute Gasteiger partial charge is 0.271 e. The van der Waals surface area contributed by atoms with Crippen molar-refractivity contribution in [3.8, 4) is 0 Å². The second kappa shape index (κ2) is 6.15. The molecule has 5 heteroatoms. The molecule has 0 bridgehead atoms. The first kappa shape index (κ1) is 14.7. The first-order valence-corrected chi connectivity index (χ1v) is 7.43. The summed E-state index contributed by atoms with van der Waals surface area (Å²) in [6.07, 6.45) is 0. The maximum absolute atomic E-state index is 12.1. The standard InChI is InChI=1S/C15H19N3OS/c1-9-4-6-12(7-5-9)11(3)17-14(19)13-8-20-15(18-13)10(2)16/h4-8,10-11H,16H2,1-3H3,(H,17,19)/t10?,11-/m0/s1. The Morgan fingerprint density at radius 2 is 1.95 bits per heavy atom. The lowest BCUT2D eigenvalue weighted by Crippen LogP contribution is -2.27. The van der Waals surface area contributed by atoms with Gasteiger partial charge in [0.25, 0.3) is 5.91 Å². The number of carbonyl (C=O) groups excluding carboxylic acids is 1. The maximum Gasteiger partial charge on any atom is 0.271 e. The molecular weight excluding hydrogens is 270 g/mol. The number of thiazole rings is 1. The van der Waals surface area contributed by atoms with Crippen LogP contribution in [-0.4, -0.2) is 10.9 Å². The summed E-state index contributed by atoms with van der Waals surface area (Å²) in [5.41, 5.74) is 8.46. The van der Waals surface area contributed by atoms with Gasteiger partial charge in [-0.15, -0.1) is 11.3 Å². The molecule has 4 nitrogen and oxygen atoms in total. The molecule has 0 fully saturated rings. The van der Waals surface area contributed by atoms with E-state index in [0.717, 1.165) is 10.6 Å². The Hall–Kier alpha value is -1.72. The van der Waals surface area contributed by atoms with Crippen LogP contribution in [0.1, 0.15) is 52.6 Å². The molecule has 20 heavy (non-hydrogen) atoms. The van der Waals surface area contributed by atoms with Crippen LogP contribution >= 0.6 is 11.3 Å². The summed E-state index contributed by atoms with van der Waals surface area (Å²) in [6, 6.07) is 7.92. The SMILES string of the molecule is Cc1ccc([C@H](C)NC(=O)c2csc(C(C)N)n2)cc1. The minimum Gasteiger partial charge on any atom is -0.344 e. The van der Waals surface area contributed by atoms with Crippen molar-refractivity contribution in [2.24, 2.45) is 5.73 Å². The molecule has 1 aromatic carbocycles. The van der Waals surface area contributed by atoms with Gasteiger partial charge in [0.2, 0.25) is 0 Å². The lowest BCUT2D eigenvalue weighted by Gasteiger charge is -2.13. The van der Waals surface area contributed by atoms with Crippen LogP contribution in [0.25, 0.3) is 0 Å². The Labute approximate surface area is 123 Å². The predicted molar refractivity (Wildman–Crippen MR) is 81.8 cm³/mol. The highest BCUT2D eigenvalue weighted by atomic mass is 32.1. The monoisotopic (exact) mass is 289 g/mol. The van der Waals surface area contributed by atoms with Crippen LogP contribution in [0.3, 0.4) is 0 Å². The molecule has 2 rings (SSSR count). The average molecular weight is 289 g/mol. The van der Waals surface area contributed by atoms with Gasteiger partial charge in [-0.2, -0.15) is 0 Å². The van der Waals surface area contributed by atoms with Crippen molar-refractivity contribution in [3.05, 3.63) is 51.5 Å². The van der Waals surface area contributed by atoms with E-state index in [1.165, 1.54) is 16.9 Å². The van der Waals surface area contributed by atoms with E-state index >= 15 is 0 Å². The van der Waals surface area contributed by atoms with Crippen molar-refractivity contribution < 1.29 is 4.79 Å². The molecule has 1 unspecified atom stereocenters. The third-order valence-electron chi connectivity index (χ3n) is 3.07. The molecule has 3 N–H and O–H groups in total. The van der Waals surface area contributed by atoms with Gasteiger partial charge in [-0.05, 0) is 26.3 Å². The second-order valence-corrected chi connectivity index (χ2v) is 5.86. The van der Waals surface area contributed by atoms with Gasteiger partial charge in [-0.25, -0.2) is 4.98 Å². The summed E-state index contributed by atoms with van der Waals surface area (Å²) in [6.45, 7) is 5.86. The summed E-state index contributed by atoms with van der Waals surface area (Å²) in [7, 11) is 0. The van der Waals surface area contributed by atoms with Crippen molar-refractivity contribution >= 4 is 17.2 Å². The van der Waals surface area contributed by atoms with Crippen molar-refractivity contribution in [1.82, 2.24) is 10.3 Å². The van der Waals surface area contributed by atoms with Crippen LogP contribution in [0.4, 0.5) is 0 Å². The van der Waals surface area contributed by atoms with Gasteiger partial charge in [0.1, 0.15) is 10.7 Å². The van der Waals surface area contributed by atoms with E-state index in [0.29, 0.717) is 5.69 Å². The number of carbonyl (C=O) groups is 1. The number of hydrogen-bond acceptors (Lipinski definition) is 4. The van der Waals surface area contributed by atoms with E-state index in [9.17, 15) is 4.79 Å². The van der Waals surface area contributed by atoms with E-state index in [1.54, 1.807) is 5.38 Å². The number of aromatic nitrogens is 1. The Balaban J connectivity index is 2.04. The molecule has 2 aromatic rings. The number of nitrogens with one attached hydrogen (secondary N) is 1. The fourth-order valence-corrected chi connectivity index (χ4v) is 2.57. The molecule has 0 saturated heterocycles. The lowest BCUT2D eigenvalue weighted by molar-refractivity contribution is 0.0935. The molecule has 0 aliphatic rings. The first-order valence-electron chi connectivity index (χ1n) is 6.56. The lowest BCUT2D eigenvalue weighted by atomic mass is 10.1. The van der Waals surface area contributed by atoms with Gasteiger partial charge >= 0.3 is 0 Å². The highest BCUT2D eigenvalue weighted by Crippen LogP contribution is 2.17. The van der Waals surface area contributed by atoms with E-state index in [-0.39, 0.29) is 18.0 Å². The molecule has 0 radical (unpaired) electrons. The van der Waals surface area contributed by atoms with Crippen molar-refractivity contribution in [2.45, 2.75) is 32.9 Å². The van der Waals surface area contributed by atoms with Gasteiger partial charge < -0.3 is 11.1 Å². The zero-order valence-corrected chi connectivity index (χ0v) is 12.7. The summed E-state index contributed by atoms with van der Waals surface area (Å²) in [4.78, 5) is 16.4. The molecule has 2 atom stereocenters. The summed E-state index contributed by atoms with van der Waals surface area (Å²) in [5.74, 6) is -0.166. The number of benzene rings is 1. The van der Waals surface area contributed by atoms with Gasteiger partial charge in [0.15, 0.2) is 0 Å². The first-order chi connectivity index (χ1) is 9.47. The van der Waals surface area contributed by atoms with Crippen molar-refractivity contribution in [1.29, 1.82) is 0 Å². The van der Waals surface area contributed by atoms with E-state index in [2.05, 4.69) is 10.3 Å². The minimum absolute atomic E-state index is 0.0523. The van der Waals surface area contributed by atoms with Crippen LogP contribution in [0.5, 0.6) is 0 Å². The number of hydrogen-bond donors (Lipinski definition) is 2. The number of amides is 1. The number of nitrogens with two attached hydrogens (primary N) is 1. The normalized spacial score (nSPS) is 13.8. The molecule has 0 spiro atoms. The molecular formula is C15H19N3OS. The molecule has 0 aliphatic heterocycles. The molecule has 1 amide bonds. The largest absolute Gasteiger partial charge is 0.344 e. The molecule has 0 aliphatic carbocycles. The van der Waals surface area contributed by atoms with Gasteiger partial charge in [-0.3, -0.25) is 4.79 Å². The second-order valence-electron chi connectivity index (χ2n) is 4.97. The van der Waals surface area contributed by atoms with Gasteiger partial charge in [0.05, 0.1) is 12.1 Å². The highest BCUT2D eigenvalue weighted by molar-refractivity contribution is 7.09. The van der Waals surface area contributed by atoms with E-state index < -0.39 is 0 Å². The third-order valence-corrected chi connectivity index (χ3v) is 4.11. The fourth-order valence-electron chi connectivity index (χ4n) is 1.81. The van der Waals surface area contributed by atoms with Gasteiger partial charge in [-0.1, -0.05) is 29.8 Å². The van der Waals surface area contributed by atoms with E-state index in [1.807, 2.05) is 45.0 Å². The zero-order valence-electron chi connectivity index (χ0n) is 11.9. The number of rotatable bonds is 4. The molecule has 0 saturated carbocycles. The Morgan fingerprint density at radius 3 is 2.50 bits per heavy atom. The molecule has 1 heterocycles. The maximum atomic E-state index is 12.1. The van der Waals surface area contributed by atoms with Crippen molar-refractivity contribution in [3.63, 3.8) is 0 Å². The van der Waals surface area contributed by atoms with Crippen molar-refractivity contribution in [2.75, 3.05) is 0 Å². The average Bonchev–Trinajstić information content (AvgIpc) is 2.89. The predicted octanol–water partition coefficient (Wildman–Crippen LogP) is 2.96. The topological polar surface area (TPSA) is 68.0 Å².